The number of carbonyl (C=O) groups is 2. The average molecular weight is 394 g/mol. The van der Waals surface area contributed by atoms with E-state index in [4.69, 9.17) is 0 Å². The molecule has 154 valence electrons. The van der Waals surface area contributed by atoms with Crippen molar-refractivity contribution in [1.29, 1.82) is 0 Å². The molecule has 3 rings (SSSR count). The van der Waals surface area contributed by atoms with Crippen molar-refractivity contribution in [2.45, 2.75) is 39.3 Å². The molecule has 0 aliphatic carbocycles. The molecule has 1 heterocycles. The van der Waals surface area contributed by atoms with Crippen LogP contribution in [0, 0.1) is 0 Å². The third-order valence-electron chi connectivity index (χ3n) is 5.65. The van der Waals surface area contributed by atoms with E-state index in [1.807, 2.05) is 47.4 Å². The van der Waals surface area contributed by atoms with Gasteiger partial charge in [0.25, 0.3) is 5.91 Å². The minimum Gasteiger partial charge on any atom is -0.350 e. The SMILES string of the molecule is CCN(CC)[C@H](CNC(=O)c1ccc(CN2CCCC2=O)cc1)c1ccccc1. The van der Waals surface area contributed by atoms with E-state index < -0.39 is 0 Å². The molecule has 1 fully saturated rings. The van der Waals surface area contributed by atoms with E-state index in [0.717, 1.165) is 31.6 Å². The van der Waals surface area contributed by atoms with E-state index in [-0.39, 0.29) is 17.9 Å². The van der Waals surface area contributed by atoms with E-state index in [9.17, 15) is 9.59 Å². The molecule has 5 heteroatoms. The number of nitrogens with one attached hydrogen (secondary N) is 1. The third-order valence-corrected chi connectivity index (χ3v) is 5.65. The van der Waals surface area contributed by atoms with Crippen LogP contribution in [-0.2, 0) is 11.3 Å². The molecule has 0 bridgehead atoms. The second-order valence-electron chi connectivity index (χ2n) is 7.47. The Balaban J connectivity index is 1.61. The van der Waals surface area contributed by atoms with Gasteiger partial charge in [0.15, 0.2) is 0 Å². The predicted octanol–water partition coefficient (Wildman–Crippen LogP) is 3.62. The van der Waals surface area contributed by atoms with Crippen LogP contribution in [0.1, 0.15) is 54.2 Å². The molecule has 1 N–H and O–H groups in total. The predicted molar refractivity (Wildman–Crippen MR) is 116 cm³/mol. The van der Waals surface area contributed by atoms with E-state index in [0.29, 0.717) is 25.1 Å². The summed E-state index contributed by atoms with van der Waals surface area (Å²) in [5.74, 6) is 0.150. The molecule has 0 spiro atoms. The van der Waals surface area contributed by atoms with Gasteiger partial charge in [-0.2, -0.15) is 0 Å². The highest BCUT2D eigenvalue weighted by molar-refractivity contribution is 5.94. The highest BCUT2D eigenvalue weighted by atomic mass is 16.2. The number of hydrogen-bond donors (Lipinski definition) is 1. The van der Waals surface area contributed by atoms with Gasteiger partial charge in [-0.15, -0.1) is 0 Å². The first-order valence-corrected chi connectivity index (χ1v) is 10.6. The number of amides is 2. The number of likely N-dealkylation sites (N-methyl/N-ethyl adjacent to an activating group) is 1. The Morgan fingerprint density at radius 1 is 1.07 bits per heavy atom. The smallest absolute Gasteiger partial charge is 0.251 e. The van der Waals surface area contributed by atoms with Crippen molar-refractivity contribution in [1.82, 2.24) is 15.1 Å². The molecule has 2 aromatic carbocycles. The van der Waals surface area contributed by atoms with Crippen molar-refractivity contribution in [2.75, 3.05) is 26.2 Å². The topological polar surface area (TPSA) is 52.7 Å². The molecule has 1 aliphatic rings. The molecule has 2 amide bonds. The van der Waals surface area contributed by atoms with Crippen molar-refractivity contribution in [3.63, 3.8) is 0 Å². The first-order valence-electron chi connectivity index (χ1n) is 10.6. The summed E-state index contributed by atoms with van der Waals surface area (Å²) in [6.45, 7) is 8.16. The summed E-state index contributed by atoms with van der Waals surface area (Å²) in [4.78, 5) is 28.7. The lowest BCUT2D eigenvalue weighted by molar-refractivity contribution is -0.128. The van der Waals surface area contributed by atoms with E-state index in [2.05, 4.69) is 36.2 Å². The summed E-state index contributed by atoms with van der Waals surface area (Å²) >= 11 is 0. The maximum absolute atomic E-state index is 12.7. The summed E-state index contributed by atoms with van der Waals surface area (Å²) in [5, 5.41) is 3.10. The molecule has 1 aliphatic heterocycles. The van der Waals surface area contributed by atoms with Gasteiger partial charge in [-0.05, 0) is 42.8 Å². The summed E-state index contributed by atoms with van der Waals surface area (Å²) in [7, 11) is 0. The van der Waals surface area contributed by atoms with Gasteiger partial charge < -0.3 is 10.2 Å². The number of nitrogens with zero attached hydrogens (tertiary/aromatic N) is 2. The average Bonchev–Trinajstić information content (AvgIpc) is 3.16. The Morgan fingerprint density at radius 3 is 2.34 bits per heavy atom. The lowest BCUT2D eigenvalue weighted by Gasteiger charge is -2.30. The summed E-state index contributed by atoms with van der Waals surface area (Å²) in [6.07, 6.45) is 1.59. The van der Waals surface area contributed by atoms with Crippen LogP contribution in [0.4, 0.5) is 0 Å². The first-order chi connectivity index (χ1) is 14.1. The number of carbonyl (C=O) groups excluding carboxylic acids is 2. The van der Waals surface area contributed by atoms with Gasteiger partial charge in [0, 0.05) is 31.6 Å². The maximum Gasteiger partial charge on any atom is 0.251 e. The van der Waals surface area contributed by atoms with Crippen LogP contribution >= 0.6 is 0 Å². The largest absolute Gasteiger partial charge is 0.350 e. The van der Waals surface area contributed by atoms with Crippen LogP contribution in [0.25, 0.3) is 0 Å². The van der Waals surface area contributed by atoms with Crippen molar-refractivity contribution >= 4 is 11.8 Å². The van der Waals surface area contributed by atoms with Crippen molar-refractivity contribution in [3.05, 3.63) is 71.3 Å². The molecular formula is C24H31N3O2. The van der Waals surface area contributed by atoms with Gasteiger partial charge >= 0.3 is 0 Å². The quantitative estimate of drug-likeness (QED) is 0.708. The third kappa shape index (κ3) is 5.45. The zero-order chi connectivity index (χ0) is 20.6. The van der Waals surface area contributed by atoms with Gasteiger partial charge in [-0.3, -0.25) is 14.5 Å². The number of benzene rings is 2. The summed E-state index contributed by atoms with van der Waals surface area (Å²) in [6, 6.07) is 18.1. The molecular weight excluding hydrogens is 362 g/mol. The lowest BCUT2D eigenvalue weighted by Crippen LogP contribution is -2.38. The lowest BCUT2D eigenvalue weighted by atomic mass is 10.0. The van der Waals surface area contributed by atoms with Crippen LogP contribution < -0.4 is 5.32 Å². The summed E-state index contributed by atoms with van der Waals surface area (Å²) in [5.41, 5.74) is 2.91. The van der Waals surface area contributed by atoms with Gasteiger partial charge in [-0.1, -0.05) is 56.3 Å². The standard InChI is InChI=1S/C24H31N3O2/c1-3-26(4-2)22(20-9-6-5-7-10-20)17-25-24(29)21-14-12-19(13-15-21)18-27-16-8-11-23(27)28/h5-7,9-10,12-15,22H,3-4,8,11,16-18H2,1-2H3,(H,25,29)/t22-/m1/s1. The van der Waals surface area contributed by atoms with Crippen LogP contribution in [0.15, 0.2) is 54.6 Å². The zero-order valence-corrected chi connectivity index (χ0v) is 17.4. The molecule has 0 aromatic heterocycles. The van der Waals surface area contributed by atoms with Gasteiger partial charge in [0.2, 0.25) is 5.91 Å². The molecule has 0 saturated carbocycles. The Morgan fingerprint density at radius 2 is 1.76 bits per heavy atom. The highest BCUT2D eigenvalue weighted by Gasteiger charge is 2.21. The number of likely N-dealkylation sites (tertiary alicyclic amines) is 1. The fourth-order valence-electron chi connectivity index (χ4n) is 3.94. The van der Waals surface area contributed by atoms with Gasteiger partial charge in [0.1, 0.15) is 0 Å². The second-order valence-corrected chi connectivity index (χ2v) is 7.47. The first kappa shape index (κ1) is 21.1. The normalized spacial score (nSPS) is 15.0. The van der Waals surface area contributed by atoms with Crippen LogP contribution in [0.2, 0.25) is 0 Å². The molecule has 1 saturated heterocycles. The number of rotatable bonds is 9. The molecule has 29 heavy (non-hydrogen) atoms. The number of hydrogen-bond acceptors (Lipinski definition) is 3. The molecule has 2 aromatic rings. The Kier molecular flexibility index (Phi) is 7.42. The van der Waals surface area contributed by atoms with E-state index in [1.54, 1.807) is 0 Å². The molecule has 0 unspecified atom stereocenters. The van der Waals surface area contributed by atoms with Gasteiger partial charge in [-0.25, -0.2) is 0 Å². The van der Waals surface area contributed by atoms with Crippen LogP contribution in [-0.4, -0.2) is 47.8 Å². The Labute approximate surface area is 173 Å². The fourth-order valence-corrected chi connectivity index (χ4v) is 3.94. The molecule has 1 atom stereocenters. The molecule has 5 nitrogen and oxygen atoms in total. The minimum atomic E-state index is -0.0677. The van der Waals surface area contributed by atoms with Gasteiger partial charge in [0.05, 0.1) is 6.04 Å². The monoisotopic (exact) mass is 393 g/mol. The second kappa shape index (κ2) is 10.2. The van der Waals surface area contributed by atoms with Crippen molar-refractivity contribution in [3.8, 4) is 0 Å². The van der Waals surface area contributed by atoms with Crippen LogP contribution in [0.5, 0.6) is 0 Å². The zero-order valence-electron chi connectivity index (χ0n) is 17.4. The maximum atomic E-state index is 12.7. The van der Waals surface area contributed by atoms with Crippen molar-refractivity contribution in [2.24, 2.45) is 0 Å². The Bertz CT molecular complexity index is 801. The Hall–Kier alpha value is -2.66. The highest BCUT2D eigenvalue weighted by Crippen LogP contribution is 2.20. The van der Waals surface area contributed by atoms with E-state index >= 15 is 0 Å². The summed E-state index contributed by atoms with van der Waals surface area (Å²) < 4.78 is 0. The van der Waals surface area contributed by atoms with Crippen molar-refractivity contribution < 1.29 is 9.59 Å². The molecule has 0 radical (unpaired) electrons. The minimum absolute atomic E-state index is 0.0677. The van der Waals surface area contributed by atoms with E-state index in [1.165, 1.54) is 5.56 Å². The fraction of sp³-hybridized carbons (Fsp3) is 0.417. The van der Waals surface area contributed by atoms with Crippen LogP contribution in [0.3, 0.4) is 0 Å².